The van der Waals surface area contributed by atoms with Crippen LogP contribution in [0.25, 0.3) is 0 Å². The molecule has 0 spiro atoms. The summed E-state index contributed by atoms with van der Waals surface area (Å²) in [5, 5.41) is 12.7. The minimum absolute atomic E-state index is 0.127. The van der Waals surface area contributed by atoms with Crippen LogP contribution in [0, 0.1) is 11.3 Å². The molecule has 2 aromatic rings. The number of hydrogen-bond donors (Lipinski definition) is 1. The van der Waals surface area contributed by atoms with Crippen LogP contribution in [0.4, 0.5) is 5.69 Å². The Kier molecular flexibility index (Phi) is 6.93. The third-order valence-electron chi connectivity index (χ3n) is 4.41. The van der Waals surface area contributed by atoms with Crippen LogP contribution in [-0.2, 0) is 16.0 Å². The molecule has 0 saturated carbocycles. The first-order valence-corrected chi connectivity index (χ1v) is 10.5. The molecule has 2 aromatic carbocycles. The van der Waals surface area contributed by atoms with Crippen molar-refractivity contribution in [3.05, 3.63) is 68.7 Å². The highest BCUT2D eigenvalue weighted by Crippen LogP contribution is 2.42. The summed E-state index contributed by atoms with van der Waals surface area (Å²) in [5.74, 6) is -0.175. The van der Waals surface area contributed by atoms with Gasteiger partial charge in [-0.1, -0.05) is 35.0 Å². The van der Waals surface area contributed by atoms with Crippen molar-refractivity contribution in [2.75, 3.05) is 19.1 Å². The highest BCUT2D eigenvalue weighted by molar-refractivity contribution is 8.05. The number of ether oxygens (including phenoxy) is 1. The molecule has 30 heavy (non-hydrogen) atoms. The lowest BCUT2D eigenvalue weighted by atomic mass is 10.1. The van der Waals surface area contributed by atoms with Crippen molar-refractivity contribution in [3.8, 4) is 11.8 Å². The SMILES string of the molecule is CNC(=O)/C(C#N)=C1\SC(Cc2cc(Cl)cc(Cl)c2)C(=O)N1c1ccc(OC)cc1. The third-order valence-corrected chi connectivity index (χ3v) is 6.11. The summed E-state index contributed by atoms with van der Waals surface area (Å²) in [5.41, 5.74) is 1.19. The number of hydrogen-bond acceptors (Lipinski definition) is 5. The molecule has 9 heteroatoms. The lowest BCUT2D eigenvalue weighted by Crippen LogP contribution is -2.31. The van der Waals surface area contributed by atoms with Gasteiger partial charge in [0.2, 0.25) is 5.91 Å². The number of benzene rings is 2. The molecule has 0 aromatic heterocycles. The molecule has 0 bridgehead atoms. The highest BCUT2D eigenvalue weighted by Gasteiger charge is 2.40. The molecule has 3 rings (SSSR count). The summed E-state index contributed by atoms with van der Waals surface area (Å²) in [7, 11) is 2.98. The fraction of sp³-hybridized carbons (Fsp3) is 0.190. The minimum Gasteiger partial charge on any atom is -0.497 e. The van der Waals surface area contributed by atoms with Gasteiger partial charge in [-0.25, -0.2) is 0 Å². The summed E-state index contributed by atoms with van der Waals surface area (Å²) < 4.78 is 5.17. The standard InChI is InChI=1S/C21H17Cl2N3O3S/c1-25-19(27)17(11-24)21-26(15-3-5-16(29-2)6-4-15)20(28)18(30-21)9-12-7-13(22)10-14(23)8-12/h3-8,10,18H,9H2,1-2H3,(H,25,27)/b21-17-. The van der Waals surface area contributed by atoms with Crippen LogP contribution >= 0.6 is 35.0 Å². The second kappa shape index (κ2) is 9.43. The van der Waals surface area contributed by atoms with Gasteiger partial charge >= 0.3 is 0 Å². The van der Waals surface area contributed by atoms with E-state index in [1.54, 1.807) is 49.6 Å². The van der Waals surface area contributed by atoms with E-state index in [-0.39, 0.29) is 16.5 Å². The summed E-state index contributed by atoms with van der Waals surface area (Å²) >= 11 is 13.3. The third kappa shape index (κ3) is 4.57. The molecule has 1 N–H and O–H groups in total. The Morgan fingerprint density at radius 2 is 1.87 bits per heavy atom. The van der Waals surface area contributed by atoms with E-state index < -0.39 is 11.2 Å². The smallest absolute Gasteiger partial charge is 0.264 e. The van der Waals surface area contributed by atoms with E-state index in [1.165, 1.54) is 23.7 Å². The van der Waals surface area contributed by atoms with Crippen LogP contribution in [0.1, 0.15) is 5.56 Å². The molecule has 2 amide bonds. The van der Waals surface area contributed by atoms with E-state index in [0.29, 0.717) is 27.9 Å². The van der Waals surface area contributed by atoms with Crippen molar-refractivity contribution in [3.63, 3.8) is 0 Å². The van der Waals surface area contributed by atoms with E-state index in [4.69, 9.17) is 27.9 Å². The number of nitrogens with one attached hydrogen (secondary N) is 1. The first kappa shape index (κ1) is 22.0. The normalized spacial score (nSPS) is 17.5. The van der Waals surface area contributed by atoms with Gasteiger partial charge in [-0.15, -0.1) is 0 Å². The number of carbonyl (C=O) groups excluding carboxylic acids is 2. The molecule has 1 saturated heterocycles. The topological polar surface area (TPSA) is 82.4 Å². The molecule has 1 aliphatic heterocycles. The highest BCUT2D eigenvalue weighted by atomic mass is 35.5. The number of carbonyl (C=O) groups is 2. The average molecular weight is 462 g/mol. The van der Waals surface area contributed by atoms with Crippen molar-refractivity contribution in [1.29, 1.82) is 5.26 Å². The van der Waals surface area contributed by atoms with Gasteiger partial charge in [0.25, 0.3) is 5.91 Å². The zero-order valence-corrected chi connectivity index (χ0v) is 18.4. The zero-order valence-electron chi connectivity index (χ0n) is 16.1. The van der Waals surface area contributed by atoms with Crippen LogP contribution in [0.15, 0.2) is 53.1 Å². The Morgan fingerprint density at radius 1 is 1.23 bits per heavy atom. The van der Waals surface area contributed by atoms with Gasteiger partial charge in [0, 0.05) is 22.8 Å². The van der Waals surface area contributed by atoms with Gasteiger partial charge < -0.3 is 10.1 Å². The number of amides is 2. The second-order valence-corrected chi connectivity index (χ2v) is 8.40. The van der Waals surface area contributed by atoms with Crippen LogP contribution < -0.4 is 15.0 Å². The van der Waals surface area contributed by atoms with Crippen LogP contribution in [0.5, 0.6) is 5.75 Å². The Bertz CT molecular complexity index is 1040. The molecule has 1 heterocycles. The molecule has 1 fully saturated rings. The minimum atomic E-state index is -0.558. The average Bonchev–Trinajstić information content (AvgIpc) is 3.03. The monoisotopic (exact) mass is 461 g/mol. The maximum Gasteiger partial charge on any atom is 0.264 e. The van der Waals surface area contributed by atoms with Crippen LogP contribution in [-0.4, -0.2) is 31.2 Å². The maximum atomic E-state index is 13.3. The molecule has 1 aliphatic rings. The molecule has 154 valence electrons. The summed E-state index contributed by atoms with van der Waals surface area (Å²) in [6.07, 6.45) is 0.340. The largest absolute Gasteiger partial charge is 0.497 e. The van der Waals surface area contributed by atoms with E-state index in [2.05, 4.69) is 5.32 Å². The van der Waals surface area contributed by atoms with Crippen LogP contribution in [0.3, 0.4) is 0 Å². The van der Waals surface area contributed by atoms with Crippen molar-refractivity contribution < 1.29 is 14.3 Å². The van der Waals surface area contributed by atoms with E-state index in [0.717, 1.165) is 5.56 Å². The van der Waals surface area contributed by atoms with Gasteiger partial charge in [0.15, 0.2) is 0 Å². The first-order chi connectivity index (χ1) is 14.4. The van der Waals surface area contributed by atoms with Crippen molar-refractivity contribution >= 4 is 52.5 Å². The molecule has 6 nitrogen and oxygen atoms in total. The lowest BCUT2D eigenvalue weighted by Gasteiger charge is -2.18. The van der Waals surface area contributed by atoms with Gasteiger partial charge in [0.1, 0.15) is 22.4 Å². The number of anilines is 1. The summed E-state index contributed by atoms with van der Waals surface area (Å²) in [6.45, 7) is 0. The Labute approximate surface area is 188 Å². The first-order valence-electron chi connectivity index (χ1n) is 8.84. The van der Waals surface area contributed by atoms with Crippen molar-refractivity contribution in [2.45, 2.75) is 11.7 Å². The number of nitrogens with zero attached hydrogens (tertiary/aromatic N) is 2. The number of thioether (sulfide) groups is 1. The number of likely N-dealkylation sites (N-methyl/N-ethyl adjacent to an activating group) is 1. The fourth-order valence-electron chi connectivity index (χ4n) is 3.02. The van der Waals surface area contributed by atoms with Gasteiger partial charge in [-0.3, -0.25) is 14.5 Å². The fourth-order valence-corrected chi connectivity index (χ4v) is 4.90. The number of halogens is 2. The summed E-state index contributed by atoms with van der Waals surface area (Å²) in [4.78, 5) is 27.0. The number of methoxy groups -OCH3 is 1. The van der Waals surface area contributed by atoms with Crippen molar-refractivity contribution in [1.82, 2.24) is 5.32 Å². The van der Waals surface area contributed by atoms with Crippen molar-refractivity contribution in [2.24, 2.45) is 0 Å². The second-order valence-electron chi connectivity index (χ2n) is 6.33. The van der Waals surface area contributed by atoms with E-state index >= 15 is 0 Å². The number of nitriles is 1. The summed E-state index contributed by atoms with van der Waals surface area (Å²) in [6, 6.07) is 13.8. The van der Waals surface area contributed by atoms with Crippen LogP contribution in [0.2, 0.25) is 10.0 Å². The lowest BCUT2D eigenvalue weighted by molar-refractivity contribution is -0.117. The Balaban J connectivity index is 2.04. The molecular formula is C21H17Cl2N3O3S. The molecule has 1 unspecified atom stereocenters. The molecular weight excluding hydrogens is 445 g/mol. The molecule has 0 aliphatic carbocycles. The molecule has 1 atom stereocenters. The predicted octanol–water partition coefficient (Wildman–Crippen LogP) is 4.17. The van der Waals surface area contributed by atoms with Gasteiger partial charge in [-0.05, 0) is 54.4 Å². The number of rotatable bonds is 5. The van der Waals surface area contributed by atoms with Gasteiger partial charge in [-0.2, -0.15) is 5.26 Å². The van der Waals surface area contributed by atoms with E-state index in [9.17, 15) is 14.9 Å². The quantitative estimate of drug-likeness (QED) is 0.533. The Morgan fingerprint density at radius 3 is 2.40 bits per heavy atom. The van der Waals surface area contributed by atoms with E-state index in [1.807, 2.05) is 6.07 Å². The predicted molar refractivity (Wildman–Crippen MR) is 119 cm³/mol. The molecule has 0 radical (unpaired) electrons. The van der Waals surface area contributed by atoms with Gasteiger partial charge in [0.05, 0.1) is 12.4 Å². The zero-order chi connectivity index (χ0) is 21.8. The Hall–Kier alpha value is -2.66. The maximum absolute atomic E-state index is 13.3.